The number of nitrogens with zero attached hydrogens (tertiary/aromatic N) is 1. The van der Waals surface area contributed by atoms with Crippen molar-refractivity contribution in [2.24, 2.45) is 5.92 Å². The average molecular weight is 691 g/mol. The third-order valence-electron chi connectivity index (χ3n) is 8.54. The van der Waals surface area contributed by atoms with Crippen molar-refractivity contribution in [3.63, 3.8) is 0 Å². The Balaban J connectivity index is 1.17. The minimum Gasteiger partial charge on any atom is -0.460 e. The lowest BCUT2D eigenvalue weighted by Gasteiger charge is -2.32. The zero-order chi connectivity index (χ0) is 36.2. The number of amides is 3. The Hall–Kier alpha value is -5.88. The van der Waals surface area contributed by atoms with Crippen LogP contribution in [0.2, 0.25) is 0 Å². The van der Waals surface area contributed by atoms with Gasteiger partial charge in [-0.05, 0) is 34.2 Å². The van der Waals surface area contributed by atoms with Gasteiger partial charge in [0.1, 0.15) is 24.6 Å². The zero-order valence-electron chi connectivity index (χ0n) is 28.6. The Morgan fingerprint density at radius 1 is 0.804 bits per heavy atom. The van der Waals surface area contributed by atoms with Gasteiger partial charge in [0.2, 0.25) is 11.8 Å². The van der Waals surface area contributed by atoms with Crippen LogP contribution < -0.4 is 21.3 Å². The summed E-state index contributed by atoms with van der Waals surface area (Å²) in [5, 5.41) is 19.7. The van der Waals surface area contributed by atoms with E-state index in [9.17, 15) is 19.2 Å². The Bertz CT molecular complexity index is 1810. The smallest absolute Gasteiger partial charge is 0.413 e. The lowest BCUT2D eigenvalue weighted by atomic mass is 9.92. The van der Waals surface area contributed by atoms with Gasteiger partial charge in [-0.2, -0.15) is 0 Å². The second-order valence-corrected chi connectivity index (χ2v) is 12.7. The lowest BCUT2D eigenvalue weighted by Crippen LogP contribution is -2.63. The van der Waals surface area contributed by atoms with Crippen LogP contribution >= 0.6 is 0 Å². The number of rotatable bonds is 14. The molecule has 5 rings (SSSR count). The van der Waals surface area contributed by atoms with Crippen LogP contribution in [0.1, 0.15) is 47.4 Å². The van der Waals surface area contributed by atoms with E-state index in [0.717, 1.165) is 27.9 Å². The Kier molecular flexibility index (Phi) is 12.3. The predicted molar refractivity (Wildman–Crippen MR) is 190 cm³/mol. The molecule has 0 fully saturated rings. The Morgan fingerprint density at radius 3 is 2.08 bits per heavy atom. The van der Waals surface area contributed by atoms with Gasteiger partial charge in [-0.1, -0.05) is 105 Å². The second kappa shape index (κ2) is 17.2. The first-order chi connectivity index (χ1) is 24.6. The molecule has 2 atom stereocenters. The minimum atomic E-state index is -1.30. The van der Waals surface area contributed by atoms with E-state index in [1.165, 1.54) is 0 Å². The van der Waals surface area contributed by atoms with Gasteiger partial charge in [0.05, 0.1) is 12.6 Å². The van der Waals surface area contributed by atoms with Crippen molar-refractivity contribution < 1.29 is 28.7 Å². The predicted octanol–water partition coefficient (Wildman–Crippen LogP) is 3.96. The molecule has 0 saturated carbocycles. The van der Waals surface area contributed by atoms with E-state index in [2.05, 4.69) is 26.3 Å². The van der Waals surface area contributed by atoms with Crippen LogP contribution in [0, 0.1) is 11.3 Å². The third kappa shape index (κ3) is 10.1. The molecule has 0 saturated heterocycles. The van der Waals surface area contributed by atoms with Crippen molar-refractivity contribution in [1.29, 1.82) is 5.41 Å². The molecule has 12 nitrogen and oxygen atoms in total. The molecule has 0 radical (unpaired) electrons. The van der Waals surface area contributed by atoms with Crippen molar-refractivity contribution in [3.05, 3.63) is 137 Å². The molecule has 1 aliphatic rings. The summed E-state index contributed by atoms with van der Waals surface area (Å²) in [6, 6.07) is 28.3. The maximum atomic E-state index is 13.9. The number of aromatic nitrogens is 1. The summed E-state index contributed by atoms with van der Waals surface area (Å²) in [6.07, 6.45) is 1.37. The van der Waals surface area contributed by atoms with Crippen molar-refractivity contribution >= 4 is 29.7 Å². The molecule has 264 valence electrons. The van der Waals surface area contributed by atoms with Crippen LogP contribution in [-0.4, -0.2) is 52.8 Å². The minimum absolute atomic E-state index is 0.0835. The van der Waals surface area contributed by atoms with Crippen molar-refractivity contribution in [3.8, 4) is 0 Å². The average Bonchev–Trinajstić information content (AvgIpc) is 3.52. The molecule has 3 amide bonds. The largest absolute Gasteiger partial charge is 0.460 e. The number of ether oxygens (including phenoxy) is 2. The number of hydrogen-bond acceptors (Lipinski definition) is 9. The SMILES string of the molecule is CC(C)[C@@H](NCC(=O)OCc1ccccc1)C(=O)NC1(C(=O)NCc2ccc(C(=N)NC(=O)OCc3ccccc3)cc2)Cc2cccnc2C1. The zero-order valence-corrected chi connectivity index (χ0v) is 28.6. The molecule has 1 unspecified atom stereocenters. The lowest BCUT2D eigenvalue weighted by molar-refractivity contribution is -0.144. The van der Waals surface area contributed by atoms with Crippen molar-refractivity contribution in [1.82, 2.24) is 26.3 Å². The van der Waals surface area contributed by atoms with Crippen LogP contribution in [0.25, 0.3) is 0 Å². The fourth-order valence-electron chi connectivity index (χ4n) is 5.77. The molecular formula is C39H42N6O6. The van der Waals surface area contributed by atoms with Gasteiger partial charge in [0.15, 0.2) is 0 Å². The summed E-state index contributed by atoms with van der Waals surface area (Å²) < 4.78 is 10.6. The van der Waals surface area contributed by atoms with Gasteiger partial charge in [-0.15, -0.1) is 0 Å². The first-order valence-corrected chi connectivity index (χ1v) is 16.7. The number of carbonyl (C=O) groups excluding carboxylic acids is 4. The number of alkyl carbamates (subject to hydrolysis) is 1. The van der Waals surface area contributed by atoms with Gasteiger partial charge in [0, 0.05) is 36.8 Å². The highest BCUT2D eigenvalue weighted by atomic mass is 16.5. The first kappa shape index (κ1) is 36.4. The number of nitrogens with one attached hydrogen (secondary N) is 5. The quantitative estimate of drug-likeness (QED) is 0.0752. The highest BCUT2D eigenvalue weighted by Crippen LogP contribution is 2.29. The summed E-state index contributed by atoms with van der Waals surface area (Å²) in [7, 11) is 0. The number of carbonyl (C=O) groups is 4. The van der Waals surface area contributed by atoms with E-state index in [1.54, 1.807) is 36.5 Å². The van der Waals surface area contributed by atoms with E-state index in [1.807, 2.05) is 80.6 Å². The van der Waals surface area contributed by atoms with Gasteiger partial charge < -0.3 is 20.1 Å². The number of pyridine rings is 1. The van der Waals surface area contributed by atoms with Crippen LogP contribution in [0.3, 0.4) is 0 Å². The molecule has 1 heterocycles. The van der Waals surface area contributed by atoms with Crippen molar-refractivity contribution in [2.75, 3.05) is 6.54 Å². The topological polar surface area (TPSA) is 172 Å². The van der Waals surface area contributed by atoms with Gasteiger partial charge in [0.25, 0.3) is 0 Å². The molecule has 3 aromatic carbocycles. The molecular weight excluding hydrogens is 648 g/mol. The van der Waals surface area contributed by atoms with E-state index >= 15 is 0 Å². The summed E-state index contributed by atoms with van der Waals surface area (Å²) in [6.45, 7) is 3.90. The van der Waals surface area contributed by atoms with Crippen LogP contribution in [0.15, 0.2) is 103 Å². The Labute approximate surface area is 296 Å². The van der Waals surface area contributed by atoms with E-state index in [-0.39, 0.29) is 56.8 Å². The number of esters is 1. The summed E-state index contributed by atoms with van der Waals surface area (Å²) >= 11 is 0. The first-order valence-electron chi connectivity index (χ1n) is 16.7. The molecule has 5 N–H and O–H groups in total. The highest BCUT2D eigenvalue weighted by Gasteiger charge is 2.46. The molecule has 12 heteroatoms. The molecule has 1 aromatic heterocycles. The standard InChI is InChI=1S/C39H42N6O6/c1-26(2)34(42-23-33(46)50-24-28-10-5-3-6-11-28)36(47)45-39(20-31-14-9-19-41-32(31)21-39)37(48)43-22-27-15-17-30(18-16-27)35(40)44-38(49)51-25-29-12-7-4-8-13-29/h3-19,26,34,42H,20-25H2,1-2H3,(H,43,48)(H,45,47)(H2,40,44,49)/t34-,39?/m1/s1. The molecule has 0 bridgehead atoms. The summed E-state index contributed by atoms with van der Waals surface area (Å²) in [4.78, 5) is 56.9. The van der Waals surface area contributed by atoms with Crippen LogP contribution in [-0.2, 0) is 56.5 Å². The summed E-state index contributed by atoms with van der Waals surface area (Å²) in [5.74, 6) is -1.62. The fraction of sp³-hybridized carbons (Fsp3) is 0.282. The van der Waals surface area contributed by atoms with Gasteiger partial charge >= 0.3 is 12.1 Å². The maximum Gasteiger partial charge on any atom is 0.413 e. The van der Waals surface area contributed by atoms with E-state index in [4.69, 9.17) is 14.9 Å². The molecule has 4 aromatic rings. The maximum absolute atomic E-state index is 13.9. The number of benzene rings is 3. The molecule has 1 aliphatic carbocycles. The van der Waals surface area contributed by atoms with Gasteiger partial charge in [-0.3, -0.25) is 35.4 Å². The highest BCUT2D eigenvalue weighted by molar-refractivity contribution is 6.04. The van der Waals surface area contributed by atoms with Crippen molar-refractivity contribution in [2.45, 2.75) is 58.0 Å². The second-order valence-electron chi connectivity index (χ2n) is 12.7. The van der Waals surface area contributed by atoms with Gasteiger partial charge in [-0.25, -0.2) is 4.79 Å². The van der Waals surface area contributed by atoms with E-state index < -0.39 is 29.6 Å². The number of fused-ring (bicyclic) bond motifs is 1. The normalized spacial score (nSPS) is 15.3. The molecule has 0 aliphatic heterocycles. The molecule has 0 spiro atoms. The molecule has 51 heavy (non-hydrogen) atoms. The summed E-state index contributed by atoms with van der Waals surface area (Å²) in [5.41, 5.74) is 3.18. The number of hydrogen-bond donors (Lipinski definition) is 5. The Morgan fingerprint density at radius 2 is 1.45 bits per heavy atom. The van der Waals surface area contributed by atoms with Crippen LogP contribution in [0.5, 0.6) is 0 Å². The monoisotopic (exact) mass is 690 g/mol. The fourth-order valence-corrected chi connectivity index (χ4v) is 5.77. The number of amidine groups is 1. The van der Waals surface area contributed by atoms with E-state index in [0.29, 0.717) is 5.56 Å². The van der Waals surface area contributed by atoms with Crippen LogP contribution in [0.4, 0.5) is 4.79 Å². The third-order valence-corrected chi connectivity index (χ3v) is 8.54.